The second-order valence-electron chi connectivity index (χ2n) is 5.05. The number of fused-ring (bicyclic) bond motifs is 1. The molecular weight excluding hydrogens is 164 g/mol. The molecule has 3 heteroatoms. The van der Waals surface area contributed by atoms with Gasteiger partial charge in [-0.1, -0.05) is 6.92 Å². The van der Waals surface area contributed by atoms with E-state index in [2.05, 4.69) is 17.6 Å². The molecule has 0 aromatic heterocycles. The quantitative estimate of drug-likeness (QED) is 0.634. The van der Waals surface area contributed by atoms with Crippen LogP contribution >= 0.6 is 0 Å². The van der Waals surface area contributed by atoms with Gasteiger partial charge in [0.05, 0.1) is 0 Å². The molecular formula is C10H16N2O. The van der Waals surface area contributed by atoms with Crippen molar-refractivity contribution in [3.05, 3.63) is 0 Å². The highest BCUT2D eigenvalue weighted by molar-refractivity contribution is 5.85. The van der Waals surface area contributed by atoms with Gasteiger partial charge in [-0.3, -0.25) is 4.79 Å². The number of rotatable bonds is 2. The summed E-state index contributed by atoms with van der Waals surface area (Å²) >= 11 is 0. The fraction of sp³-hybridized carbons (Fsp3) is 0.900. The van der Waals surface area contributed by atoms with Gasteiger partial charge in [0.1, 0.15) is 0 Å². The Balaban J connectivity index is 1.56. The van der Waals surface area contributed by atoms with E-state index in [9.17, 15) is 4.79 Å². The van der Waals surface area contributed by atoms with Crippen LogP contribution in [-0.4, -0.2) is 25.0 Å². The summed E-state index contributed by atoms with van der Waals surface area (Å²) in [6.45, 7) is 4.28. The molecule has 72 valence electrons. The Morgan fingerprint density at radius 3 is 2.54 bits per heavy atom. The summed E-state index contributed by atoms with van der Waals surface area (Å²) in [5.74, 6) is 1.78. The summed E-state index contributed by atoms with van der Waals surface area (Å²) in [5.41, 5.74) is 0.00428. The summed E-state index contributed by atoms with van der Waals surface area (Å²) in [4.78, 5) is 11.7. The zero-order valence-electron chi connectivity index (χ0n) is 7.97. The van der Waals surface area contributed by atoms with Gasteiger partial charge in [-0.15, -0.1) is 0 Å². The summed E-state index contributed by atoms with van der Waals surface area (Å²) < 4.78 is 0. The molecule has 3 aliphatic rings. The van der Waals surface area contributed by atoms with Gasteiger partial charge in [-0.25, -0.2) is 0 Å². The first-order valence-corrected chi connectivity index (χ1v) is 5.22. The van der Waals surface area contributed by atoms with Crippen molar-refractivity contribution in [2.45, 2.75) is 25.8 Å². The van der Waals surface area contributed by atoms with E-state index in [1.807, 2.05) is 0 Å². The Morgan fingerprint density at radius 1 is 1.38 bits per heavy atom. The predicted molar refractivity (Wildman–Crippen MR) is 49.1 cm³/mol. The molecule has 1 heterocycles. The zero-order chi connectivity index (χ0) is 9.05. The minimum absolute atomic E-state index is 0.00428. The second kappa shape index (κ2) is 2.27. The van der Waals surface area contributed by atoms with E-state index in [0.717, 1.165) is 37.8 Å². The van der Waals surface area contributed by atoms with Gasteiger partial charge in [-0.05, 0) is 24.7 Å². The van der Waals surface area contributed by atoms with Crippen LogP contribution < -0.4 is 10.6 Å². The molecule has 1 amide bonds. The average molecular weight is 180 g/mol. The minimum Gasteiger partial charge on any atom is -0.352 e. The van der Waals surface area contributed by atoms with Crippen LogP contribution in [0.1, 0.15) is 19.8 Å². The average Bonchev–Trinajstić information content (AvgIpc) is 2.95. The number of carbonyl (C=O) groups excluding carboxylic acids is 1. The Labute approximate surface area is 78.3 Å². The van der Waals surface area contributed by atoms with Gasteiger partial charge in [0.15, 0.2) is 0 Å². The molecule has 3 nitrogen and oxygen atoms in total. The highest BCUT2D eigenvalue weighted by Gasteiger charge is 2.56. The lowest BCUT2D eigenvalue weighted by molar-refractivity contribution is -0.126. The Bertz CT molecular complexity index is 250. The third kappa shape index (κ3) is 1.10. The third-order valence-corrected chi connectivity index (χ3v) is 3.94. The van der Waals surface area contributed by atoms with Crippen LogP contribution in [0, 0.1) is 17.3 Å². The van der Waals surface area contributed by atoms with E-state index in [1.165, 1.54) is 0 Å². The fourth-order valence-electron chi connectivity index (χ4n) is 2.37. The topological polar surface area (TPSA) is 41.1 Å². The molecule has 13 heavy (non-hydrogen) atoms. The lowest BCUT2D eigenvalue weighted by atomic mass is 10.1. The van der Waals surface area contributed by atoms with Crippen molar-refractivity contribution < 1.29 is 4.79 Å². The highest BCUT2D eigenvalue weighted by Crippen LogP contribution is 2.47. The molecule has 1 aliphatic heterocycles. The SMILES string of the molecule is CC1(C(=O)NC2C3CNCC32)CC1. The van der Waals surface area contributed by atoms with Crippen molar-refractivity contribution in [3.8, 4) is 0 Å². The molecule has 2 atom stereocenters. The monoisotopic (exact) mass is 180 g/mol. The number of nitrogens with one attached hydrogen (secondary N) is 2. The fourth-order valence-corrected chi connectivity index (χ4v) is 2.37. The largest absolute Gasteiger partial charge is 0.352 e. The molecule has 2 unspecified atom stereocenters. The van der Waals surface area contributed by atoms with Gasteiger partial charge in [0.25, 0.3) is 0 Å². The van der Waals surface area contributed by atoms with Crippen molar-refractivity contribution in [3.63, 3.8) is 0 Å². The molecule has 0 aromatic rings. The molecule has 0 aromatic carbocycles. The number of hydrogen-bond donors (Lipinski definition) is 2. The highest BCUT2D eigenvalue weighted by atomic mass is 16.2. The van der Waals surface area contributed by atoms with E-state index < -0.39 is 0 Å². The second-order valence-corrected chi connectivity index (χ2v) is 5.05. The van der Waals surface area contributed by atoms with E-state index >= 15 is 0 Å². The summed E-state index contributed by atoms with van der Waals surface area (Å²) in [7, 11) is 0. The molecule has 2 N–H and O–H groups in total. The first-order chi connectivity index (χ1) is 6.21. The molecule has 2 aliphatic carbocycles. The van der Waals surface area contributed by atoms with Gasteiger partial charge in [-0.2, -0.15) is 0 Å². The first kappa shape index (κ1) is 7.80. The number of carbonyl (C=O) groups is 1. The van der Waals surface area contributed by atoms with Crippen molar-refractivity contribution in [1.29, 1.82) is 0 Å². The Hall–Kier alpha value is -0.570. The number of amides is 1. The molecule has 0 spiro atoms. The third-order valence-electron chi connectivity index (χ3n) is 3.94. The molecule has 2 saturated carbocycles. The minimum atomic E-state index is 0.00428. The zero-order valence-corrected chi connectivity index (χ0v) is 7.97. The lowest BCUT2D eigenvalue weighted by Crippen LogP contribution is -2.36. The van der Waals surface area contributed by atoms with Crippen LogP contribution in [0.15, 0.2) is 0 Å². The van der Waals surface area contributed by atoms with Gasteiger partial charge >= 0.3 is 0 Å². The maximum absolute atomic E-state index is 11.7. The van der Waals surface area contributed by atoms with Crippen molar-refractivity contribution in [1.82, 2.24) is 10.6 Å². The predicted octanol–water partition coefficient (Wildman–Crippen LogP) is 0.120. The van der Waals surface area contributed by atoms with Crippen LogP contribution in [0.25, 0.3) is 0 Å². The van der Waals surface area contributed by atoms with Crippen molar-refractivity contribution in [2.24, 2.45) is 17.3 Å². The number of hydrogen-bond acceptors (Lipinski definition) is 2. The van der Waals surface area contributed by atoms with E-state index in [-0.39, 0.29) is 5.41 Å². The summed E-state index contributed by atoms with van der Waals surface area (Å²) in [5, 5.41) is 6.51. The van der Waals surface area contributed by atoms with Gasteiger partial charge < -0.3 is 10.6 Å². The maximum atomic E-state index is 11.7. The van der Waals surface area contributed by atoms with Crippen LogP contribution in [0.4, 0.5) is 0 Å². The first-order valence-electron chi connectivity index (χ1n) is 5.22. The van der Waals surface area contributed by atoms with Crippen LogP contribution in [0.3, 0.4) is 0 Å². The summed E-state index contributed by atoms with van der Waals surface area (Å²) in [6.07, 6.45) is 2.16. The maximum Gasteiger partial charge on any atom is 0.226 e. The molecule has 1 saturated heterocycles. The van der Waals surface area contributed by atoms with Crippen LogP contribution in [-0.2, 0) is 4.79 Å². The Morgan fingerprint density at radius 2 is 2.00 bits per heavy atom. The van der Waals surface area contributed by atoms with Gasteiger partial charge in [0.2, 0.25) is 5.91 Å². The molecule has 0 bridgehead atoms. The van der Waals surface area contributed by atoms with E-state index in [0.29, 0.717) is 11.9 Å². The van der Waals surface area contributed by atoms with E-state index in [1.54, 1.807) is 0 Å². The summed E-state index contributed by atoms with van der Waals surface area (Å²) in [6, 6.07) is 0.506. The Kier molecular flexibility index (Phi) is 1.36. The van der Waals surface area contributed by atoms with Crippen LogP contribution in [0.2, 0.25) is 0 Å². The van der Waals surface area contributed by atoms with Gasteiger partial charge in [0, 0.05) is 24.5 Å². The molecule has 0 radical (unpaired) electrons. The van der Waals surface area contributed by atoms with Crippen molar-refractivity contribution >= 4 is 5.91 Å². The lowest BCUT2D eigenvalue weighted by Gasteiger charge is -2.11. The molecule has 3 fully saturated rings. The normalized spacial score (nSPS) is 43.9. The van der Waals surface area contributed by atoms with E-state index in [4.69, 9.17) is 0 Å². The smallest absolute Gasteiger partial charge is 0.226 e. The van der Waals surface area contributed by atoms with Crippen molar-refractivity contribution in [2.75, 3.05) is 13.1 Å². The van der Waals surface area contributed by atoms with Crippen LogP contribution in [0.5, 0.6) is 0 Å². The molecule has 3 rings (SSSR count). The standard InChI is InChI=1S/C10H16N2O/c1-10(2-3-10)9(13)12-8-6-4-11-5-7(6)8/h6-8,11H,2-5H2,1H3,(H,12,13). The number of piperidine rings is 1.